The van der Waals surface area contributed by atoms with Gasteiger partial charge in [0.25, 0.3) is 0 Å². The highest BCUT2D eigenvalue weighted by molar-refractivity contribution is 5.91. The fourth-order valence-electron chi connectivity index (χ4n) is 1.99. The number of nitrogens with one attached hydrogen (secondary N) is 1. The van der Waals surface area contributed by atoms with Crippen LogP contribution in [0.25, 0.3) is 0 Å². The Morgan fingerprint density at radius 1 is 1.26 bits per heavy atom. The Kier molecular flexibility index (Phi) is 4.46. The second kappa shape index (κ2) is 6.04. The topological polar surface area (TPSA) is 62.5 Å². The quantitative estimate of drug-likeness (QED) is 0.843. The largest absolute Gasteiger partial charge is 0.463 e. The lowest BCUT2D eigenvalue weighted by Gasteiger charge is -2.27. The van der Waals surface area contributed by atoms with Gasteiger partial charge in [-0.15, -0.1) is 0 Å². The van der Waals surface area contributed by atoms with E-state index in [4.69, 9.17) is 4.42 Å². The van der Waals surface area contributed by atoms with Crippen molar-refractivity contribution in [3.63, 3.8) is 0 Å². The van der Waals surface area contributed by atoms with E-state index in [2.05, 4.69) is 5.32 Å². The lowest BCUT2D eigenvalue weighted by Crippen LogP contribution is -2.44. The van der Waals surface area contributed by atoms with Crippen molar-refractivity contribution in [2.75, 3.05) is 5.32 Å². The van der Waals surface area contributed by atoms with Gasteiger partial charge in [-0.2, -0.15) is 13.2 Å². The fourth-order valence-corrected chi connectivity index (χ4v) is 1.99. The van der Waals surface area contributed by atoms with E-state index in [0.29, 0.717) is 0 Å². The molecule has 23 heavy (non-hydrogen) atoms. The smallest absolute Gasteiger partial charge is 0.425 e. The van der Waals surface area contributed by atoms with Gasteiger partial charge in [0.15, 0.2) is 0 Å². The van der Waals surface area contributed by atoms with Crippen molar-refractivity contribution in [2.45, 2.75) is 25.1 Å². The molecule has 0 radical (unpaired) electrons. The van der Waals surface area contributed by atoms with Crippen molar-refractivity contribution >= 4 is 11.6 Å². The Balaban J connectivity index is 2.23. The summed E-state index contributed by atoms with van der Waals surface area (Å²) in [4.78, 5) is 11.8. The monoisotopic (exact) mass is 331 g/mol. The van der Waals surface area contributed by atoms with Crippen LogP contribution < -0.4 is 5.32 Å². The van der Waals surface area contributed by atoms with Gasteiger partial charge in [0.2, 0.25) is 11.5 Å². The molecule has 0 fully saturated rings. The van der Waals surface area contributed by atoms with Crippen LogP contribution in [-0.4, -0.2) is 17.2 Å². The van der Waals surface area contributed by atoms with Gasteiger partial charge >= 0.3 is 6.18 Å². The summed E-state index contributed by atoms with van der Waals surface area (Å²) in [5.41, 5.74) is -3.49. The molecule has 0 aliphatic rings. The summed E-state index contributed by atoms with van der Waals surface area (Å²) in [6.45, 7) is 1.41. The number of anilines is 1. The number of halogens is 4. The van der Waals surface area contributed by atoms with Crippen molar-refractivity contribution in [1.82, 2.24) is 0 Å². The van der Waals surface area contributed by atoms with E-state index in [1.165, 1.54) is 25.1 Å². The molecule has 1 aromatic carbocycles. The summed E-state index contributed by atoms with van der Waals surface area (Å²) in [6, 6.07) is 6.87. The molecule has 1 amide bonds. The van der Waals surface area contributed by atoms with E-state index in [1.54, 1.807) is 0 Å². The Bertz CT molecular complexity index is 711. The standard InChI is InChI=1S/C15H13F4NO3/c1-9-5-6-12(23-9)14(22,15(17,18)19)8-13(21)20-11-4-2-3-10(16)7-11/h2-7,22H,8H2,1H3,(H,20,21). The van der Waals surface area contributed by atoms with Crippen molar-refractivity contribution in [3.8, 4) is 0 Å². The molecular formula is C15H13F4NO3. The molecule has 1 unspecified atom stereocenters. The maximum atomic E-state index is 13.2. The first-order chi connectivity index (χ1) is 10.6. The molecule has 1 aromatic heterocycles. The fraction of sp³-hybridized carbons (Fsp3) is 0.267. The number of aryl methyl sites for hydroxylation is 1. The first-order valence-electron chi connectivity index (χ1n) is 6.53. The van der Waals surface area contributed by atoms with Crippen LogP contribution >= 0.6 is 0 Å². The number of carbonyl (C=O) groups excluding carboxylic acids is 1. The summed E-state index contributed by atoms with van der Waals surface area (Å²) in [5, 5.41) is 12.1. The van der Waals surface area contributed by atoms with E-state index in [-0.39, 0.29) is 11.4 Å². The highest BCUT2D eigenvalue weighted by atomic mass is 19.4. The minimum absolute atomic E-state index is 0.0184. The van der Waals surface area contributed by atoms with Gasteiger partial charge in [0.1, 0.15) is 17.3 Å². The molecule has 2 rings (SSSR count). The molecule has 0 aliphatic carbocycles. The van der Waals surface area contributed by atoms with Crippen LogP contribution in [0, 0.1) is 12.7 Å². The number of furan rings is 1. The maximum absolute atomic E-state index is 13.2. The minimum Gasteiger partial charge on any atom is -0.463 e. The second-order valence-corrected chi connectivity index (χ2v) is 5.00. The van der Waals surface area contributed by atoms with E-state index in [9.17, 15) is 27.5 Å². The Labute approximate surface area is 128 Å². The SMILES string of the molecule is Cc1ccc(C(O)(CC(=O)Nc2cccc(F)c2)C(F)(F)F)o1. The summed E-state index contributed by atoms with van der Waals surface area (Å²) >= 11 is 0. The lowest BCUT2D eigenvalue weighted by molar-refractivity contribution is -0.272. The molecule has 0 aliphatic heterocycles. The van der Waals surface area contributed by atoms with Gasteiger partial charge in [-0.05, 0) is 37.3 Å². The lowest BCUT2D eigenvalue weighted by atomic mass is 9.95. The second-order valence-electron chi connectivity index (χ2n) is 5.00. The molecule has 1 atom stereocenters. The van der Waals surface area contributed by atoms with Gasteiger partial charge in [0, 0.05) is 5.69 Å². The molecule has 0 spiro atoms. The van der Waals surface area contributed by atoms with Crippen molar-refractivity contribution in [2.24, 2.45) is 0 Å². The van der Waals surface area contributed by atoms with E-state index in [0.717, 1.165) is 18.2 Å². The third kappa shape index (κ3) is 3.70. The number of hydrogen-bond donors (Lipinski definition) is 2. The molecule has 0 bridgehead atoms. The van der Waals surface area contributed by atoms with Crippen LogP contribution in [0.3, 0.4) is 0 Å². The zero-order valence-electron chi connectivity index (χ0n) is 11.9. The average Bonchev–Trinajstić information content (AvgIpc) is 2.84. The number of rotatable bonds is 4. The molecular weight excluding hydrogens is 318 g/mol. The van der Waals surface area contributed by atoms with E-state index >= 15 is 0 Å². The van der Waals surface area contributed by atoms with Gasteiger partial charge in [-0.1, -0.05) is 6.07 Å². The third-order valence-corrected chi connectivity index (χ3v) is 3.14. The number of hydrogen-bond acceptors (Lipinski definition) is 3. The molecule has 1 heterocycles. The van der Waals surface area contributed by atoms with Crippen LogP contribution in [0.2, 0.25) is 0 Å². The molecule has 0 saturated heterocycles. The van der Waals surface area contributed by atoms with Crippen LogP contribution in [0.15, 0.2) is 40.8 Å². The van der Waals surface area contributed by atoms with Crippen LogP contribution in [0.5, 0.6) is 0 Å². The number of alkyl halides is 3. The number of amides is 1. The highest BCUT2D eigenvalue weighted by Gasteiger charge is 2.58. The molecule has 8 heteroatoms. The predicted octanol–water partition coefficient (Wildman–Crippen LogP) is 3.51. The maximum Gasteiger partial charge on any atom is 0.425 e. The molecule has 124 valence electrons. The first-order valence-corrected chi connectivity index (χ1v) is 6.53. The zero-order chi connectivity index (χ0) is 17.3. The zero-order valence-corrected chi connectivity index (χ0v) is 11.9. The van der Waals surface area contributed by atoms with E-state index < -0.39 is 35.7 Å². The Hall–Kier alpha value is -2.35. The number of carbonyl (C=O) groups is 1. The van der Waals surface area contributed by atoms with E-state index in [1.807, 2.05) is 0 Å². The van der Waals surface area contributed by atoms with Gasteiger partial charge in [0.05, 0.1) is 6.42 Å². The summed E-state index contributed by atoms with van der Waals surface area (Å²) < 4.78 is 57.5. The Morgan fingerprint density at radius 2 is 1.96 bits per heavy atom. The minimum atomic E-state index is -5.13. The van der Waals surface area contributed by atoms with Gasteiger partial charge in [-0.25, -0.2) is 4.39 Å². The summed E-state index contributed by atoms with van der Waals surface area (Å²) in [5.74, 6) is -2.41. The summed E-state index contributed by atoms with van der Waals surface area (Å²) in [6.07, 6.45) is -6.45. The van der Waals surface area contributed by atoms with Crippen LogP contribution in [0.1, 0.15) is 17.9 Å². The highest BCUT2D eigenvalue weighted by Crippen LogP contribution is 2.42. The average molecular weight is 331 g/mol. The normalized spacial score (nSPS) is 14.3. The number of aliphatic hydroxyl groups is 1. The van der Waals surface area contributed by atoms with Gasteiger partial charge in [-0.3, -0.25) is 4.79 Å². The van der Waals surface area contributed by atoms with Gasteiger partial charge < -0.3 is 14.8 Å². The van der Waals surface area contributed by atoms with Crippen molar-refractivity contribution in [3.05, 3.63) is 53.7 Å². The predicted molar refractivity (Wildman–Crippen MR) is 73.0 cm³/mol. The molecule has 0 saturated carbocycles. The number of benzene rings is 1. The molecule has 2 aromatic rings. The van der Waals surface area contributed by atoms with Crippen LogP contribution in [-0.2, 0) is 10.4 Å². The Morgan fingerprint density at radius 3 is 2.48 bits per heavy atom. The first kappa shape index (κ1) is 17.0. The molecule has 4 nitrogen and oxygen atoms in total. The van der Waals surface area contributed by atoms with Crippen molar-refractivity contribution in [1.29, 1.82) is 0 Å². The summed E-state index contributed by atoms with van der Waals surface area (Å²) in [7, 11) is 0. The van der Waals surface area contributed by atoms with Crippen molar-refractivity contribution < 1.29 is 31.9 Å². The third-order valence-electron chi connectivity index (χ3n) is 3.14. The molecule has 2 N–H and O–H groups in total. The van der Waals surface area contributed by atoms with Crippen LogP contribution in [0.4, 0.5) is 23.2 Å².